The molecular formula is C16H23N3. The third-order valence-electron chi connectivity index (χ3n) is 3.63. The average molecular weight is 257 g/mol. The Hall–Kier alpha value is -1.61. The molecule has 0 saturated carbocycles. The summed E-state index contributed by atoms with van der Waals surface area (Å²) in [5.74, 6) is 1.53. The highest BCUT2D eigenvalue weighted by molar-refractivity contribution is 5.80. The van der Waals surface area contributed by atoms with E-state index in [4.69, 9.17) is 5.73 Å². The number of aromatic nitrogens is 1. The van der Waals surface area contributed by atoms with Gasteiger partial charge in [-0.3, -0.25) is 0 Å². The Kier molecular flexibility index (Phi) is 4.38. The first-order valence-corrected chi connectivity index (χ1v) is 6.90. The molecule has 102 valence electrons. The molecule has 0 fully saturated rings. The first-order chi connectivity index (χ1) is 9.08. The van der Waals surface area contributed by atoms with Crippen LogP contribution in [-0.4, -0.2) is 24.6 Å². The minimum absolute atomic E-state index is 0.253. The van der Waals surface area contributed by atoms with Gasteiger partial charge in [0.1, 0.15) is 5.82 Å². The number of hydrogen-bond donors (Lipinski definition) is 1. The molecule has 2 rings (SSSR count). The predicted molar refractivity (Wildman–Crippen MR) is 82.4 cm³/mol. The molecule has 0 bridgehead atoms. The molecule has 0 aliphatic carbocycles. The Morgan fingerprint density at radius 1 is 1.16 bits per heavy atom. The van der Waals surface area contributed by atoms with Crippen LogP contribution in [0.5, 0.6) is 0 Å². The van der Waals surface area contributed by atoms with E-state index in [0.717, 1.165) is 24.3 Å². The number of nitrogens with zero attached hydrogens (tertiary/aromatic N) is 2. The SMILES string of the molecule is CC(C)C(N)CCN(C)c1ccc2ccccc2n1. The standard InChI is InChI=1S/C16H23N3/c1-12(2)14(17)10-11-19(3)16-9-8-13-6-4-5-7-15(13)18-16/h4-9,12,14H,10-11,17H2,1-3H3. The van der Waals surface area contributed by atoms with Crippen molar-refractivity contribution in [1.82, 2.24) is 4.98 Å². The summed E-state index contributed by atoms with van der Waals surface area (Å²) in [4.78, 5) is 6.86. The minimum atomic E-state index is 0.253. The highest BCUT2D eigenvalue weighted by Gasteiger charge is 2.10. The maximum atomic E-state index is 6.09. The number of hydrogen-bond acceptors (Lipinski definition) is 3. The lowest BCUT2D eigenvalue weighted by atomic mass is 10.0. The third kappa shape index (κ3) is 3.44. The second-order valence-electron chi connectivity index (χ2n) is 5.48. The van der Waals surface area contributed by atoms with Crippen LogP contribution >= 0.6 is 0 Å². The number of para-hydroxylation sites is 1. The topological polar surface area (TPSA) is 42.1 Å². The zero-order valence-electron chi connectivity index (χ0n) is 12.0. The van der Waals surface area contributed by atoms with Crippen molar-refractivity contribution in [3.05, 3.63) is 36.4 Å². The molecule has 0 amide bonds. The van der Waals surface area contributed by atoms with Gasteiger partial charge >= 0.3 is 0 Å². The van der Waals surface area contributed by atoms with Crippen molar-refractivity contribution in [3.63, 3.8) is 0 Å². The first kappa shape index (κ1) is 13.8. The highest BCUT2D eigenvalue weighted by Crippen LogP contribution is 2.17. The van der Waals surface area contributed by atoms with Crippen LogP contribution in [0.4, 0.5) is 5.82 Å². The summed E-state index contributed by atoms with van der Waals surface area (Å²) in [6.07, 6.45) is 0.989. The Labute approximate surface area is 115 Å². The zero-order valence-corrected chi connectivity index (χ0v) is 12.0. The van der Waals surface area contributed by atoms with Gasteiger partial charge in [0.2, 0.25) is 0 Å². The van der Waals surface area contributed by atoms with Gasteiger partial charge in [0.15, 0.2) is 0 Å². The summed E-state index contributed by atoms with van der Waals surface area (Å²) in [5.41, 5.74) is 7.13. The molecule has 0 aliphatic heterocycles. The zero-order chi connectivity index (χ0) is 13.8. The van der Waals surface area contributed by atoms with Crippen molar-refractivity contribution >= 4 is 16.7 Å². The molecule has 3 heteroatoms. The van der Waals surface area contributed by atoms with Crippen LogP contribution in [0.3, 0.4) is 0 Å². The Morgan fingerprint density at radius 3 is 2.63 bits per heavy atom. The fraction of sp³-hybridized carbons (Fsp3) is 0.438. The quantitative estimate of drug-likeness (QED) is 0.895. The summed E-state index contributed by atoms with van der Waals surface area (Å²) < 4.78 is 0. The third-order valence-corrected chi connectivity index (χ3v) is 3.63. The largest absolute Gasteiger partial charge is 0.360 e. The summed E-state index contributed by atoms with van der Waals surface area (Å²) >= 11 is 0. The van der Waals surface area contributed by atoms with Crippen LogP contribution in [0, 0.1) is 5.92 Å². The summed E-state index contributed by atoms with van der Waals surface area (Å²) in [5, 5.41) is 1.18. The number of nitrogens with two attached hydrogens (primary N) is 1. The fourth-order valence-corrected chi connectivity index (χ4v) is 2.06. The van der Waals surface area contributed by atoms with E-state index in [1.807, 2.05) is 18.2 Å². The van der Waals surface area contributed by atoms with Crippen LogP contribution in [0.25, 0.3) is 10.9 Å². The molecule has 2 aromatic rings. The van der Waals surface area contributed by atoms with E-state index in [1.54, 1.807) is 0 Å². The molecular weight excluding hydrogens is 234 g/mol. The number of pyridine rings is 1. The van der Waals surface area contributed by atoms with Crippen molar-refractivity contribution < 1.29 is 0 Å². The van der Waals surface area contributed by atoms with Gasteiger partial charge in [-0.25, -0.2) is 4.98 Å². The van der Waals surface area contributed by atoms with E-state index in [2.05, 4.69) is 49.0 Å². The smallest absolute Gasteiger partial charge is 0.128 e. The second-order valence-corrected chi connectivity index (χ2v) is 5.48. The Morgan fingerprint density at radius 2 is 1.89 bits per heavy atom. The lowest BCUT2D eigenvalue weighted by molar-refractivity contribution is 0.466. The van der Waals surface area contributed by atoms with Crippen LogP contribution in [0.15, 0.2) is 36.4 Å². The van der Waals surface area contributed by atoms with Gasteiger partial charge in [0, 0.05) is 25.0 Å². The normalized spacial score (nSPS) is 12.9. The highest BCUT2D eigenvalue weighted by atomic mass is 15.2. The van der Waals surface area contributed by atoms with E-state index in [-0.39, 0.29) is 6.04 Å². The van der Waals surface area contributed by atoms with E-state index in [9.17, 15) is 0 Å². The molecule has 1 aromatic carbocycles. The van der Waals surface area contributed by atoms with Gasteiger partial charge in [0.05, 0.1) is 5.52 Å². The summed E-state index contributed by atoms with van der Waals surface area (Å²) in [6.45, 7) is 5.27. The van der Waals surface area contributed by atoms with Gasteiger partial charge in [-0.1, -0.05) is 32.0 Å². The van der Waals surface area contributed by atoms with Gasteiger partial charge in [-0.2, -0.15) is 0 Å². The van der Waals surface area contributed by atoms with Gasteiger partial charge in [0.25, 0.3) is 0 Å². The van der Waals surface area contributed by atoms with E-state index in [1.165, 1.54) is 5.39 Å². The molecule has 0 radical (unpaired) electrons. The molecule has 0 saturated heterocycles. The van der Waals surface area contributed by atoms with Crippen molar-refractivity contribution in [2.45, 2.75) is 26.3 Å². The monoisotopic (exact) mass is 257 g/mol. The van der Waals surface area contributed by atoms with Crippen molar-refractivity contribution in [3.8, 4) is 0 Å². The molecule has 3 nitrogen and oxygen atoms in total. The van der Waals surface area contributed by atoms with E-state index in [0.29, 0.717) is 5.92 Å². The molecule has 1 atom stereocenters. The van der Waals surface area contributed by atoms with Crippen LogP contribution in [0.2, 0.25) is 0 Å². The van der Waals surface area contributed by atoms with Crippen LogP contribution < -0.4 is 10.6 Å². The molecule has 0 spiro atoms. The molecule has 19 heavy (non-hydrogen) atoms. The Balaban J connectivity index is 2.06. The van der Waals surface area contributed by atoms with Crippen molar-refractivity contribution in [1.29, 1.82) is 0 Å². The summed E-state index contributed by atoms with van der Waals surface area (Å²) in [7, 11) is 2.07. The van der Waals surface area contributed by atoms with Crippen molar-refractivity contribution in [2.75, 3.05) is 18.5 Å². The lowest BCUT2D eigenvalue weighted by Gasteiger charge is -2.22. The van der Waals surface area contributed by atoms with Crippen LogP contribution in [0.1, 0.15) is 20.3 Å². The maximum absolute atomic E-state index is 6.09. The molecule has 2 N–H and O–H groups in total. The summed E-state index contributed by atoms with van der Waals surface area (Å²) in [6, 6.07) is 12.6. The lowest BCUT2D eigenvalue weighted by Crippen LogP contribution is -2.32. The van der Waals surface area contributed by atoms with Crippen LogP contribution in [-0.2, 0) is 0 Å². The van der Waals surface area contributed by atoms with Crippen molar-refractivity contribution in [2.24, 2.45) is 11.7 Å². The van der Waals surface area contributed by atoms with E-state index >= 15 is 0 Å². The van der Waals surface area contributed by atoms with Gasteiger partial charge in [-0.15, -0.1) is 0 Å². The molecule has 1 heterocycles. The number of anilines is 1. The fourth-order valence-electron chi connectivity index (χ4n) is 2.06. The predicted octanol–water partition coefficient (Wildman–Crippen LogP) is 3.04. The molecule has 1 aromatic heterocycles. The molecule has 1 unspecified atom stereocenters. The van der Waals surface area contributed by atoms with Gasteiger partial charge < -0.3 is 10.6 Å². The molecule has 0 aliphatic rings. The number of rotatable bonds is 5. The first-order valence-electron chi connectivity index (χ1n) is 6.90. The van der Waals surface area contributed by atoms with Gasteiger partial charge in [-0.05, 0) is 30.5 Å². The minimum Gasteiger partial charge on any atom is -0.360 e. The number of benzene rings is 1. The van der Waals surface area contributed by atoms with E-state index < -0.39 is 0 Å². The second kappa shape index (κ2) is 6.02. The Bertz CT molecular complexity index is 536. The number of fused-ring (bicyclic) bond motifs is 1. The maximum Gasteiger partial charge on any atom is 0.128 e. The average Bonchev–Trinajstić information content (AvgIpc) is 2.43.